The van der Waals surface area contributed by atoms with Crippen molar-refractivity contribution in [1.82, 2.24) is 10.3 Å². The summed E-state index contributed by atoms with van der Waals surface area (Å²) in [6.07, 6.45) is 1.63. The van der Waals surface area contributed by atoms with E-state index in [1.165, 1.54) is 0 Å². The first-order valence-electron chi connectivity index (χ1n) is 7.60. The predicted octanol–water partition coefficient (Wildman–Crippen LogP) is 3.09. The molecule has 2 aromatic carbocycles. The second kappa shape index (κ2) is 7.03. The number of hydrogen-bond donors (Lipinski definition) is 2. The van der Waals surface area contributed by atoms with Crippen molar-refractivity contribution >= 4 is 16.8 Å². The van der Waals surface area contributed by atoms with Gasteiger partial charge in [-0.05, 0) is 36.2 Å². The molecule has 1 amide bonds. The highest BCUT2D eigenvalue weighted by molar-refractivity contribution is 5.97. The first-order valence-corrected chi connectivity index (χ1v) is 7.60. The molecule has 3 rings (SSSR count). The minimum Gasteiger partial charge on any atom is -0.388 e. The third kappa shape index (κ3) is 3.73. The molecule has 1 atom stereocenters. The lowest BCUT2D eigenvalue weighted by atomic mass is 10.1. The summed E-state index contributed by atoms with van der Waals surface area (Å²) in [5, 5.41) is 13.9. The van der Waals surface area contributed by atoms with Crippen LogP contribution in [0.5, 0.6) is 0 Å². The summed E-state index contributed by atoms with van der Waals surface area (Å²) in [6, 6.07) is 18.6. The Balaban J connectivity index is 1.58. The maximum Gasteiger partial charge on any atom is 0.251 e. The summed E-state index contributed by atoms with van der Waals surface area (Å²) >= 11 is 0. The molecule has 0 aliphatic carbocycles. The number of carbonyl (C=O) groups excluding carboxylic acids is 1. The van der Waals surface area contributed by atoms with Crippen molar-refractivity contribution in [3.63, 3.8) is 0 Å². The van der Waals surface area contributed by atoms with Crippen LogP contribution in [0.4, 0.5) is 0 Å². The van der Waals surface area contributed by atoms with Gasteiger partial charge in [-0.3, -0.25) is 9.78 Å². The van der Waals surface area contributed by atoms with Crippen LogP contribution in [0.25, 0.3) is 10.9 Å². The SMILES string of the molecule is O=C(NCCC(O)c1ccccc1)c1ccc2ncccc2c1. The fraction of sp³-hybridized carbons (Fsp3) is 0.158. The minimum absolute atomic E-state index is 0.143. The number of fused-ring (bicyclic) bond motifs is 1. The van der Waals surface area contributed by atoms with Crippen LogP contribution in [-0.2, 0) is 0 Å². The highest BCUT2D eigenvalue weighted by Crippen LogP contribution is 2.16. The van der Waals surface area contributed by atoms with Crippen LogP contribution >= 0.6 is 0 Å². The van der Waals surface area contributed by atoms with E-state index >= 15 is 0 Å². The third-order valence-corrected chi connectivity index (χ3v) is 3.75. The second-order valence-electron chi connectivity index (χ2n) is 5.38. The van der Waals surface area contributed by atoms with Gasteiger partial charge in [-0.2, -0.15) is 0 Å². The smallest absolute Gasteiger partial charge is 0.251 e. The van der Waals surface area contributed by atoms with Gasteiger partial charge < -0.3 is 10.4 Å². The van der Waals surface area contributed by atoms with Crippen molar-refractivity contribution in [3.05, 3.63) is 78.0 Å². The number of aliphatic hydroxyl groups excluding tert-OH is 1. The average molecular weight is 306 g/mol. The Kier molecular flexibility index (Phi) is 4.64. The van der Waals surface area contributed by atoms with E-state index in [-0.39, 0.29) is 5.91 Å². The molecular formula is C19H18N2O2. The zero-order chi connectivity index (χ0) is 16.1. The lowest BCUT2D eigenvalue weighted by Crippen LogP contribution is -2.25. The van der Waals surface area contributed by atoms with E-state index in [1.807, 2.05) is 54.6 Å². The Labute approximate surface area is 134 Å². The quantitative estimate of drug-likeness (QED) is 0.761. The minimum atomic E-state index is -0.572. The number of aromatic nitrogens is 1. The average Bonchev–Trinajstić information content (AvgIpc) is 2.61. The standard InChI is InChI=1S/C19H18N2O2/c22-18(14-5-2-1-3-6-14)10-12-21-19(23)16-8-9-17-15(13-16)7-4-11-20-17/h1-9,11,13,18,22H,10,12H2,(H,21,23). The largest absolute Gasteiger partial charge is 0.388 e. The normalized spacial score (nSPS) is 12.0. The molecule has 0 bridgehead atoms. The van der Waals surface area contributed by atoms with E-state index < -0.39 is 6.10 Å². The fourth-order valence-electron chi connectivity index (χ4n) is 2.48. The Morgan fingerprint density at radius 3 is 2.74 bits per heavy atom. The third-order valence-electron chi connectivity index (χ3n) is 3.75. The summed E-state index contributed by atoms with van der Waals surface area (Å²) in [4.78, 5) is 16.4. The predicted molar refractivity (Wildman–Crippen MR) is 90.1 cm³/mol. The van der Waals surface area contributed by atoms with Gasteiger partial charge in [0, 0.05) is 23.7 Å². The van der Waals surface area contributed by atoms with Gasteiger partial charge in [0.05, 0.1) is 11.6 Å². The Morgan fingerprint density at radius 2 is 1.91 bits per heavy atom. The van der Waals surface area contributed by atoms with E-state index in [1.54, 1.807) is 12.3 Å². The fourth-order valence-corrected chi connectivity index (χ4v) is 2.48. The summed E-state index contributed by atoms with van der Waals surface area (Å²) in [5.74, 6) is -0.143. The van der Waals surface area contributed by atoms with Crippen molar-refractivity contribution < 1.29 is 9.90 Å². The second-order valence-corrected chi connectivity index (χ2v) is 5.38. The number of hydrogen-bond acceptors (Lipinski definition) is 3. The molecule has 0 aliphatic rings. The summed E-state index contributed by atoms with van der Waals surface area (Å²) in [7, 11) is 0. The molecule has 0 aliphatic heterocycles. The topological polar surface area (TPSA) is 62.2 Å². The maximum absolute atomic E-state index is 12.2. The number of amides is 1. The Bertz CT molecular complexity index is 803. The Morgan fingerprint density at radius 1 is 1.09 bits per heavy atom. The molecule has 1 unspecified atom stereocenters. The molecule has 1 aromatic heterocycles. The molecule has 0 spiro atoms. The number of benzene rings is 2. The molecule has 0 radical (unpaired) electrons. The number of nitrogens with one attached hydrogen (secondary N) is 1. The van der Waals surface area contributed by atoms with Crippen LogP contribution < -0.4 is 5.32 Å². The number of nitrogens with zero attached hydrogens (tertiary/aromatic N) is 1. The molecular weight excluding hydrogens is 288 g/mol. The molecule has 1 heterocycles. The van der Waals surface area contributed by atoms with E-state index in [4.69, 9.17) is 0 Å². The van der Waals surface area contributed by atoms with Crippen LogP contribution in [0, 0.1) is 0 Å². The first-order chi connectivity index (χ1) is 11.2. The summed E-state index contributed by atoms with van der Waals surface area (Å²) < 4.78 is 0. The number of aliphatic hydroxyl groups is 1. The molecule has 3 aromatic rings. The number of pyridine rings is 1. The van der Waals surface area contributed by atoms with Gasteiger partial charge in [0.1, 0.15) is 0 Å². The van der Waals surface area contributed by atoms with Crippen LogP contribution in [0.3, 0.4) is 0 Å². The van der Waals surface area contributed by atoms with Crippen LogP contribution in [0.1, 0.15) is 28.4 Å². The summed E-state index contributed by atoms with van der Waals surface area (Å²) in [6.45, 7) is 0.417. The van der Waals surface area contributed by atoms with E-state index in [9.17, 15) is 9.90 Å². The molecule has 0 saturated carbocycles. The van der Waals surface area contributed by atoms with Crippen LogP contribution in [0.2, 0.25) is 0 Å². The molecule has 116 valence electrons. The van der Waals surface area contributed by atoms with Gasteiger partial charge in [0.2, 0.25) is 0 Å². The van der Waals surface area contributed by atoms with Gasteiger partial charge >= 0.3 is 0 Å². The van der Waals surface area contributed by atoms with Crippen molar-refractivity contribution in [3.8, 4) is 0 Å². The highest BCUT2D eigenvalue weighted by atomic mass is 16.3. The highest BCUT2D eigenvalue weighted by Gasteiger charge is 2.09. The van der Waals surface area contributed by atoms with E-state index in [0.29, 0.717) is 18.5 Å². The Hall–Kier alpha value is -2.72. The number of rotatable bonds is 5. The van der Waals surface area contributed by atoms with Crippen molar-refractivity contribution in [2.75, 3.05) is 6.54 Å². The molecule has 4 heteroatoms. The van der Waals surface area contributed by atoms with E-state index in [0.717, 1.165) is 16.5 Å². The monoisotopic (exact) mass is 306 g/mol. The van der Waals surface area contributed by atoms with E-state index in [2.05, 4.69) is 10.3 Å². The number of carbonyl (C=O) groups is 1. The van der Waals surface area contributed by atoms with Gasteiger partial charge in [0.25, 0.3) is 5.91 Å². The summed E-state index contributed by atoms with van der Waals surface area (Å²) in [5.41, 5.74) is 2.32. The lowest BCUT2D eigenvalue weighted by molar-refractivity contribution is 0.0943. The zero-order valence-corrected chi connectivity index (χ0v) is 12.6. The van der Waals surface area contributed by atoms with Crippen molar-refractivity contribution in [1.29, 1.82) is 0 Å². The van der Waals surface area contributed by atoms with Crippen LogP contribution in [0.15, 0.2) is 66.9 Å². The zero-order valence-electron chi connectivity index (χ0n) is 12.6. The van der Waals surface area contributed by atoms with Gasteiger partial charge in [-0.15, -0.1) is 0 Å². The molecule has 0 fully saturated rings. The lowest BCUT2D eigenvalue weighted by Gasteiger charge is -2.11. The molecule has 4 nitrogen and oxygen atoms in total. The van der Waals surface area contributed by atoms with Gasteiger partial charge in [-0.1, -0.05) is 36.4 Å². The molecule has 0 saturated heterocycles. The van der Waals surface area contributed by atoms with Gasteiger partial charge in [0.15, 0.2) is 0 Å². The molecule has 23 heavy (non-hydrogen) atoms. The van der Waals surface area contributed by atoms with Gasteiger partial charge in [-0.25, -0.2) is 0 Å². The first kappa shape index (κ1) is 15.2. The van der Waals surface area contributed by atoms with Crippen molar-refractivity contribution in [2.45, 2.75) is 12.5 Å². The van der Waals surface area contributed by atoms with Crippen LogP contribution in [-0.4, -0.2) is 22.5 Å². The van der Waals surface area contributed by atoms with Crippen molar-refractivity contribution in [2.24, 2.45) is 0 Å². The molecule has 2 N–H and O–H groups in total. The maximum atomic E-state index is 12.2.